The summed E-state index contributed by atoms with van der Waals surface area (Å²) in [5.74, 6) is 0.197. The van der Waals surface area contributed by atoms with E-state index >= 15 is 0 Å². The van der Waals surface area contributed by atoms with Gasteiger partial charge in [0.05, 0.1) is 19.1 Å². The van der Waals surface area contributed by atoms with Crippen LogP contribution in [0.5, 0.6) is 0 Å². The maximum absolute atomic E-state index is 12.5. The molecule has 6 heteroatoms. The number of likely N-dealkylation sites (tertiary alicyclic amines) is 1. The molecular formula is C16H22N4OS. The number of thiophene rings is 1. The number of hydrogen-bond donors (Lipinski definition) is 1. The van der Waals surface area contributed by atoms with E-state index in [-0.39, 0.29) is 18.0 Å². The van der Waals surface area contributed by atoms with Gasteiger partial charge in [-0.2, -0.15) is 5.10 Å². The highest BCUT2D eigenvalue weighted by Gasteiger charge is 2.30. The van der Waals surface area contributed by atoms with E-state index in [1.54, 1.807) is 17.5 Å². The molecule has 0 bridgehead atoms. The highest BCUT2D eigenvalue weighted by Crippen LogP contribution is 2.34. The Morgan fingerprint density at radius 3 is 3.18 bits per heavy atom. The summed E-state index contributed by atoms with van der Waals surface area (Å²) in [6.45, 7) is 4.12. The molecule has 1 N–H and O–H groups in total. The van der Waals surface area contributed by atoms with Crippen LogP contribution in [0, 0.1) is 0 Å². The Balaban J connectivity index is 1.51. The topological polar surface area (TPSA) is 50.2 Å². The van der Waals surface area contributed by atoms with Gasteiger partial charge in [0.15, 0.2) is 0 Å². The minimum Gasteiger partial charge on any atom is -0.334 e. The van der Waals surface area contributed by atoms with Crippen molar-refractivity contribution in [2.24, 2.45) is 0 Å². The van der Waals surface area contributed by atoms with Gasteiger partial charge >= 0.3 is 0 Å². The van der Waals surface area contributed by atoms with Crippen molar-refractivity contribution in [3.63, 3.8) is 0 Å². The molecule has 22 heavy (non-hydrogen) atoms. The Kier molecular flexibility index (Phi) is 4.90. The van der Waals surface area contributed by atoms with Crippen LogP contribution in [0.3, 0.4) is 0 Å². The van der Waals surface area contributed by atoms with Crippen LogP contribution in [0.25, 0.3) is 0 Å². The van der Waals surface area contributed by atoms with Crippen LogP contribution in [0.15, 0.2) is 36.0 Å². The molecule has 2 aromatic rings. The second-order valence-electron chi connectivity index (χ2n) is 5.77. The van der Waals surface area contributed by atoms with Gasteiger partial charge in [-0.15, -0.1) is 11.3 Å². The van der Waals surface area contributed by atoms with Gasteiger partial charge in [-0.05, 0) is 37.3 Å². The Hall–Kier alpha value is -1.66. The van der Waals surface area contributed by atoms with Crippen LogP contribution in [-0.4, -0.2) is 39.7 Å². The summed E-state index contributed by atoms with van der Waals surface area (Å²) in [5, 5.41) is 9.59. The molecule has 2 atom stereocenters. The van der Waals surface area contributed by atoms with Gasteiger partial charge in [0.2, 0.25) is 5.91 Å². The SMILES string of the molecule is CC(Cn1cccn1)NCC(=O)N1CCCC1c1cccs1. The zero-order valence-electron chi connectivity index (χ0n) is 12.8. The fraction of sp³-hybridized carbons (Fsp3) is 0.500. The highest BCUT2D eigenvalue weighted by atomic mass is 32.1. The van der Waals surface area contributed by atoms with E-state index in [9.17, 15) is 4.79 Å². The second kappa shape index (κ2) is 7.07. The monoisotopic (exact) mass is 318 g/mol. The minimum atomic E-state index is 0.197. The highest BCUT2D eigenvalue weighted by molar-refractivity contribution is 7.10. The van der Waals surface area contributed by atoms with Crippen molar-refractivity contribution in [1.29, 1.82) is 0 Å². The molecular weight excluding hydrogens is 296 g/mol. The lowest BCUT2D eigenvalue weighted by atomic mass is 10.2. The third kappa shape index (κ3) is 3.56. The summed E-state index contributed by atoms with van der Waals surface area (Å²) in [5.41, 5.74) is 0. The zero-order chi connectivity index (χ0) is 15.4. The molecule has 1 aliphatic heterocycles. The number of carbonyl (C=O) groups is 1. The minimum absolute atomic E-state index is 0.197. The summed E-state index contributed by atoms with van der Waals surface area (Å²) < 4.78 is 1.88. The predicted molar refractivity (Wildman–Crippen MR) is 87.7 cm³/mol. The first-order valence-corrected chi connectivity index (χ1v) is 8.65. The van der Waals surface area contributed by atoms with Crippen LogP contribution >= 0.6 is 11.3 Å². The summed E-state index contributed by atoms with van der Waals surface area (Å²) in [6.07, 6.45) is 5.88. The average molecular weight is 318 g/mol. The third-order valence-electron chi connectivity index (χ3n) is 4.07. The van der Waals surface area contributed by atoms with Gasteiger partial charge in [0.1, 0.15) is 0 Å². The first kappa shape index (κ1) is 15.2. The van der Waals surface area contributed by atoms with Crippen LogP contribution in [-0.2, 0) is 11.3 Å². The lowest BCUT2D eigenvalue weighted by Gasteiger charge is -2.25. The molecule has 0 aliphatic carbocycles. The van der Waals surface area contributed by atoms with E-state index in [2.05, 4.69) is 34.9 Å². The fourth-order valence-electron chi connectivity index (χ4n) is 2.96. The first-order valence-electron chi connectivity index (χ1n) is 7.77. The standard InChI is InChI=1S/C16H22N4OS/c1-13(12-19-8-4-7-18-19)17-11-16(21)20-9-2-5-14(20)15-6-3-10-22-15/h3-4,6-8,10,13-14,17H,2,5,9,11-12H2,1H3. The van der Waals surface area contributed by atoms with Gasteiger partial charge in [0.25, 0.3) is 0 Å². The number of amides is 1. The maximum atomic E-state index is 12.5. The molecule has 5 nitrogen and oxygen atoms in total. The quantitative estimate of drug-likeness (QED) is 0.889. The van der Waals surface area contributed by atoms with E-state index in [1.165, 1.54) is 4.88 Å². The van der Waals surface area contributed by atoms with Crippen molar-refractivity contribution >= 4 is 17.2 Å². The zero-order valence-corrected chi connectivity index (χ0v) is 13.6. The van der Waals surface area contributed by atoms with Gasteiger partial charge in [-0.25, -0.2) is 0 Å². The number of hydrogen-bond acceptors (Lipinski definition) is 4. The first-order chi connectivity index (χ1) is 10.7. The molecule has 0 radical (unpaired) electrons. The number of nitrogens with one attached hydrogen (secondary N) is 1. The van der Waals surface area contributed by atoms with Crippen molar-refractivity contribution in [3.05, 3.63) is 40.8 Å². The van der Waals surface area contributed by atoms with Crippen LogP contribution < -0.4 is 5.32 Å². The van der Waals surface area contributed by atoms with Gasteiger partial charge < -0.3 is 10.2 Å². The van der Waals surface area contributed by atoms with Crippen molar-refractivity contribution in [2.75, 3.05) is 13.1 Å². The maximum Gasteiger partial charge on any atom is 0.237 e. The van der Waals surface area contributed by atoms with Crippen molar-refractivity contribution in [2.45, 2.75) is 38.4 Å². The van der Waals surface area contributed by atoms with Crippen LogP contribution in [0.2, 0.25) is 0 Å². The molecule has 3 heterocycles. The largest absolute Gasteiger partial charge is 0.334 e. The van der Waals surface area contributed by atoms with Gasteiger partial charge in [0, 0.05) is 29.9 Å². The molecule has 118 valence electrons. The molecule has 2 aromatic heterocycles. The van der Waals surface area contributed by atoms with Crippen molar-refractivity contribution < 1.29 is 4.79 Å². The molecule has 0 spiro atoms. The van der Waals surface area contributed by atoms with E-state index in [1.807, 2.05) is 21.8 Å². The summed E-state index contributed by atoms with van der Waals surface area (Å²) in [4.78, 5) is 15.8. The Bertz CT molecular complexity index is 581. The number of carbonyl (C=O) groups excluding carboxylic acids is 1. The van der Waals surface area contributed by atoms with Crippen molar-refractivity contribution in [1.82, 2.24) is 20.0 Å². The number of aromatic nitrogens is 2. The molecule has 0 saturated carbocycles. The lowest BCUT2D eigenvalue weighted by molar-refractivity contribution is -0.131. The van der Waals surface area contributed by atoms with Gasteiger partial charge in [-0.3, -0.25) is 9.48 Å². The molecule has 1 saturated heterocycles. The Morgan fingerprint density at radius 1 is 1.55 bits per heavy atom. The molecule has 3 rings (SSSR count). The van der Waals surface area contributed by atoms with E-state index in [0.29, 0.717) is 6.54 Å². The van der Waals surface area contributed by atoms with E-state index in [4.69, 9.17) is 0 Å². The third-order valence-corrected chi connectivity index (χ3v) is 5.04. The smallest absolute Gasteiger partial charge is 0.237 e. The van der Waals surface area contributed by atoms with Crippen LogP contribution in [0.1, 0.15) is 30.7 Å². The Morgan fingerprint density at radius 2 is 2.45 bits per heavy atom. The predicted octanol–water partition coefficient (Wildman–Crippen LogP) is 2.29. The summed E-state index contributed by atoms with van der Waals surface area (Å²) >= 11 is 1.74. The fourth-order valence-corrected chi connectivity index (χ4v) is 3.83. The lowest BCUT2D eigenvalue weighted by Crippen LogP contribution is -2.41. The average Bonchev–Trinajstić information content (AvgIpc) is 3.23. The second-order valence-corrected chi connectivity index (χ2v) is 6.75. The van der Waals surface area contributed by atoms with Crippen LogP contribution in [0.4, 0.5) is 0 Å². The molecule has 1 amide bonds. The van der Waals surface area contributed by atoms with E-state index < -0.39 is 0 Å². The number of rotatable bonds is 6. The Labute approximate surface area is 134 Å². The summed E-state index contributed by atoms with van der Waals surface area (Å²) in [7, 11) is 0. The molecule has 1 fully saturated rings. The normalized spacial score (nSPS) is 19.5. The molecule has 0 aromatic carbocycles. The van der Waals surface area contributed by atoms with Gasteiger partial charge in [-0.1, -0.05) is 6.07 Å². The van der Waals surface area contributed by atoms with E-state index in [0.717, 1.165) is 25.9 Å². The molecule has 2 unspecified atom stereocenters. The number of nitrogens with zero attached hydrogens (tertiary/aromatic N) is 3. The summed E-state index contributed by atoms with van der Waals surface area (Å²) in [6, 6.07) is 6.59. The molecule has 1 aliphatic rings. The van der Waals surface area contributed by atoms with Crippen molar-refractivity contribution in [3.8, 4) is 0 Å².